The Morgan fingerprint density at radius 1 is 1.33 bits per heavy atom. The number of benzene rings is 1. The van der Waals surface area contributed by atoms with E-state index in [9.17, 15) is 4.79 Å². The molecule has 0 aliphatic heterocycles. The van der Waals surface area contributed by atoms with Crippen LogP contribution in [-0.2, 0) is 7.05 Å². The molecule has 0 N–H and O–H groups in total. The van der Waals surface area contributed by atoms with E-state index in [4.69, 9.17) is 4.74 Å². The van der Waals surface area contributed by atoms with E-state index in [1.165, 1.54) is 12.8 Å². The summed E-state index contributed by atoms with van der Waals surface area (Å²) in [5.74, 6) is 1.10. The number of aryl methyl sites for hydroxylation is 1. The highest BCUT2D eigenvalue weighted by Crippen LogP contribution is 2.45. The van der Waals surface area contributed by atoms with Gasteiger partial charge in [0.1, 0.15) is 5.75 Å². The predicted octanol–water partition coefficient (Wildman–Crippen LogP) is 4.34. The maximum atomic E-state index is 13.2. The molecule has 1 aliphatic rings. The zero-order valence-corrected chi connectivity index (χ0v) is 13.1. The van der Waals surface area contributed by atoms with Crippen LogP contribution in [0.25, 0.3) is 10.9 Å². The molecule has 3 rings (SSSR count). The van der Waals surface area contributed by atoms with Crippen LogP contribution in [0.1, 0.15) is 49.4 Å². The van der Waals surface area contributed by atoms with E-state index in [-0.39, 0.29) is 5.41 Å². The molecule has 112 valence electrons. The van der Waals surface area contributed by atoms with E-state index in [2.05, 4.69) is 6.92 Å². The molecule has 1 aliphatic carbocycles. The molecular weight excluding hydrogens is 262 g/mol. The highest BCUT2D eigenvalue weighted by atomic mass is 16.5. The van der Waals surface area contributed by atoms with E-state index in [0.717, 1.165) is 41.5 Å². The summed E-state index contributed by atoms with van der Waals surface area (Å²) in [5, 5.41) is 0.965. The first-order valence-electron chi connectivity index (χ1n) is 7.80. The van der Waals surface area contributed by atoms with Gasteiger partial charge in [-0.2, -0.15) is 0 Å². The molecule has 1 fully saturated rings. The number of rotatable bonds is 4. The van der Waals surface area contributed by atoms with Gasteiger partial charge in [0.05, 0.1) is 18.0 Å². The summed E-state index contributed by atoms with van der Waals surface area (Å²) in [6, 6.07) is 5.95. The molecule has 1 aromatic heterocycles. The summed E-state index contributed by atoms with van der Waals surface area (Å²) in [6.45, 7) is 2.14. The monoisotopic (exact) mass is 285 g/mol. The van der Waals surface area contributed by atoms with Crippen LogP contribution in [0.5, 0.6) is 5.75 Å². The molecule has 1 aromatic carbocycles. The first-order valence-corrected chi connectivity index (χ1v) is 7.80. The largest absolute Gasteiger partial charge is 0.496 e. The van der Waals surface area contributed by atoms with Crippen molar-refractivity contribution < 1.29 is 9.53 Å². The Balaban J connectivity index is 2.18. The number of aromatic nitrogens is 1. The summed E-state index contributed by atoms with van der Waals surface area (Å²) < 4.78 is 7.53. The Labute approximate surface area is 125 Å². The lowest BCUT2D eigenvalue weighted by molar-refractivity contribution is 0.0793. The van der Waals surface area contributed by atoms with Gasteiger partial charge in [-0.15, -0.1) is 0 Å². The first-order chi connectivity index (χ1) is 10.1. The minimum absolute atomic E-state index is 0.158. The van der Waals surface area contributed by atoms with Crippen molar-refractivity contribution in [1.29, 1.82) is 0 Å². The van der Waals surface area contributed by atoms with E-state index in [1.807, 2.05) is 36.0 Å². The molecule has 3 nitrogen and oxygen atoms in total. The lowest BCUT2D eigenvalue weighted by Crippen LogP contribution is -2.27. The molecule has 0 unspecified atom stereocenters. The van der Waals surface area contributed by atoms with Crippen LogP contribution in [0.4, 0.5) is 0 Å². The van der Waals surface area contributed by atoms with Crippen molar-refractivity contribution in [2.24, 2.45) is 12.5 Å². The van der Waals surface area contributed by atoms with Gasteiger partial charge in [0, 0.05) is 24.2 Å². The smallest absolute Gasteiger partial charge is 0.171 e. The fraction of sp³-hybridized carbons (Fsp3) is 0.500. The fourth-order valence-electron chi connectivity index (χ4n) is 3.83. The van der Waals surface area contributed by atoms with Crippen molar-refractivity contribution in [2.45, 2.75) is 39.0 Å². The quantitative estimate of drug-likeness (QED) is 0.782. The number of methoxy groups -OCH3 is 1. The van der Waals surface area contributed by atoms with Gasteiger partial charge in [0.25, 0.3) is 0 Å². The first kappa shape index (κ1) is 14.2. The molecule has 0 atom stereocenters. The summed E-state index contributed by atoms with van der Waals surface area (Å²) >= 11 is 0. The third-order valence-electron chi connectivity index (χ3n) is 5.16. The zero-order valence-electron chi connectivity index (χ0n) is 13.1. The number of carbonyl (C=O) groups excluding carboxylic acids is 1. The van der Waals surface area contributed by atoms with E-state index in [0.29, 0.717) is 5.78 Å². The van der Waals surface area contributed by atoms with Crippen molar-refractivity contribution in [3.05, 3.63) is 30.0 Å². The molecular formula is C18H23NO2. The SMILES string of the molecule is CCC1(C(=O)c2cn(C)c3cccc(OC)c23)CCCC1. The summed E-state index contributed by atoms with van der Waals surface area (Å²) in [4.78, 5) is 13.2. The van der Waals surface area contributed by atoms with E-state index < -0.39 is 0 Å². The Morgan fingerprint density at radius 3 is 2.67 bits per heavy atom. The molecule has 0 spiro atoms. The van der Waals surface area contributed by atoms with Crippen LogP contribution in [0.2, 0.25) is 0 Å². The average Bonchev–Trinajstić information content (AvgIpc) is 3.12. The highest BCUT2D eigenvalue weighted by Gasteiger charge is 2.40. The van der Waals surface area contributed by atoms with Crippen LogP contribution < -0.4 is 4.74 Å². The van der Waals surface area contributed by atoms with Crippen LogP contribution in [0, 0.1) is 5.41 Å². The van der Waals surface area contributed by atoms with Gasteiger partial charge in [-0.1, -0.05) is 25.8 Å². The van der Waals surface area contributed by atoms with Crippen LogP contribution in [0.15, 0.2) is 24.4 Å². The van der Waals surface area contributed by atoms with Gasteiger partial charge in [-0.05, 0) is 31.4 Å². The number of ketones is 1. The normalized spacial score (nSPS) is 17.3. The van der Waals surface area contributed by atoms with Crippen LogP contribution in [0.3, 0.4) is 0 Å². The minimum Gasteiger partial charge on any atom is -0.496 e. The van der Waals surface area contributed by atoms with E-state index >= 15 is 0 Å². The molecule has 21 heavy (non-hydrogen) atoms. The van der Waals surface area contributed by atoms with Gasteiger partial charge in [0.2, 0.25) is 0 Å². The Kier molecular flexibility index (Phi) is 3.52. The third kappa shape index (κ3) is 2.06. The Morgan fingerprint density at radius 2 is 2.05 bits per heavy atom. The summed E-state index contributed by atoms with van der Waals surface area (Å²) in [7, 11) is 3.66. The van der Waals surface area contributed by atoms with Crippen molar-refractivity contribution >= 4 is 16.7 Å². The number of Topliss-reactive ketones (excluding diaryl/α,β-unsaturated/α-hetero) is 1. The molecule has 0 amide bonds. The second-order valence-electron chi connectivity index (χ2n) is 6.18. The molecule has 1 saturated carbocycles. The fourth-order valence-corrected chi connectivity index (χ4v) is 3.83. The molecule has 3 heteroatoms. The van der Waals surface area contributed by atoms with Crippen molar-refractivity contribution in [2.75, 3.05) is 7.11 Å². The second kappa shape index (κ2) is 5.21. The van der Waals surface area contributed by atoms with Gasteiger partial charge in [-0.3, -0.25) is 4.79 Å². The lowest BCUT2D eigenvalue weighted by atomic mass is 9.76. The molecule has 0 radical (unpaired) electrons. The van der Waals surface area contributed by atoms with Gasteiger partial charge >= 0.3 is 0 Å². The Bertz CT molecular complexity index is 678. The second-order valence-corrected chi connectivity index (χ2v) is 6.18. The number of hydrogen-bond acceptors (Lipinski definition) is 2. The standard InChI is InChI=1S/C18H23NO2/c1-4-18(10-5-6-11-18)17(20)13-12-19(2)14-8-7-9-15(21-3)16(13)14/h7-9,12H,4-6,10-11H2,1-3H3. The summed E-state index contributed by atoms with van der Waals surface area (Å²) in [6.07, 6.45) is 7.29. The zero-order chi connectivity index (χ0) is 15.0. The average molecular weight is 285 g/mol. The molecule has 0 saturated heterocycles. The van der Waals surface area contributed by atoms with Crippen LogP contribution >= 0.6 is 0 Å². The van der Waals surface area contributed by atoms with Gasteiger partial charge < -0.3 is 9.30 Å². The topological polar surface area (TPSA) is 31.2 Å². The maximum absolute atomic E-state index is 13.2. The third-order valence-corrected chi connectivity index (χ3v) is 5.16. The highest BCUT2D eigenvalue weighted by molar-refractivity contribution is 6.12. The number of fused-ring (bicyclic) bond motifs is 1. The Hall–Kier alpha value is -1.77. The predicted molar refractivity (Wildman–Crippen MR) is 85.0 cm³/mol. The number of ether oxygens (including phenoxy) is 1. The number of carbonyl (C=O) groups is 1. The van der Waals surface area contributed by atoms with Crippen molar-refractivity contribution in [1.82, 2.24) is 4.57 Å². The molecule has 0 bridgehead atoms. The molecule has 2 aromatic rings. The van der Waals surface area contributed by atoms with E-state index in [1.54, 1.807) is 7.11 Å². The minimum atomic E-state index is -0.158. The molecule has 1 heterocycles. The number of nitrogens with zero attached hydrogens (tertiary/aromatic N) is 1. The van der Waals surface area contributed by atoms with Crippen LogP contribution in [-0.4, -0.2) is 17.5 Å². The maximum Gasteiger partial charge on any atom is 0.171 e. The van der Waals surface area contributed by atoms with Crippen molar-refractivity contribution in [3.63, 3.8) is 0 Å². The van der Waals surface area contributed by atoms with Gasteiger partial charge in [-0.25, -0.2) is 0 Å². The lowest BCUT2D eigenvalue weighted by Gasteiger charge is -2.25. The number of hydrogen-bond donors (Lipinski definition) is 0. The van der Waals surface area contributed by atoms with Crippen molar-refractivity contribution in [3.8, 4) is 5.75 Å². The van der Waals surface area contributed by atoms with Gasteiger partial charge in [0.15, 0.2) is 5.78 Å². The summed E-state index contributed by atoms with van der Waals surface area (Å²) in [5.41, 5.74) is 1.73.